The lowest BCUT2D eigenvalue weighted by Crippen LogP contribution is -1.93. The summed E-state index contributed by atoms with van der Waals surface area (Å²) in [6.45, 7) is 1.65. The van der Waals surface area contributed by atoms with Gasteiger partial charge in [0.15, 0.2) is 0 Å². The average molecular weight is 265 g/mol. The molecule has 1 aromatic heterocycles. The van der Waals surface area contributed by atoms with Crippen molar-refractivity contribution in [1.82, 2.24) is 4.98 Å². The van der Waals surface area contributed by atoms with Crippen molar-refractivity contribution in [2.24, 2.45) is 0 Å². The van der Waals surface area contributed by atoms with Crippen LogP contribution in [0.15, 0.2) is 36.5 Å². The molecule has 92 valence electrons. The average Bonchev–Trinajstić information content (AvgIpc) is 2.32. The molecule has 0 spiro atoms. The van der Waals surface area contributed by atoms with Gasteiger partial charge in [-0.1, -0.05) is 11.6 Å². The van der Waals surface area contributed by atoms with Crippen molar-refractivity contribution < 1.29 is 9.66 Å². The number of rotatable bonds is 3. The molecule has 6 heteroatoms. The van der Waals surface area contributed by atoms with Crippen molar-refractivity contribution in [2.45, 2.75) is 6.92 Å². The van der Waals surface area contributed by atoms with Crippen molar-refractivity contribution in [3.8, 4) is 11.6 Å². The van der Waals surface area contributed by atoms with Crippen LogP contribution in [-0.4, -0.2) is 9.91 Å². The standard InChI is InChI=1S/C12H9ClN2O3/c1-8-6-10(3-4-11(8)15(16)17)18-12-5-2-9(13)7-14-12/h2-7H,1H3. The number of halogens is 1. The number of hydrogen-bond acceptors (Lipinski definition) is 4. The van der Waals surface area contributed by atoms with E-state index in [1.807, 2.05) is 0 Å². The van der Waals surface area contributed by atoms with Gasteiger partial charge in [0.2, 0.25) is 5.88 Å². The minimum atomic E-state index is -0.431. The van der Waals surface area contributed by atoms with Crippen LogP contribution in [0.25, 0.3) is 0 Å². The Kier molecular flexibility index (Phi) is 3.43. The van der Waals surface area contributed by atoms with Gasteiger partial charge in [0.25, 0.3) is 5.69 Å². The Balaban J connectivity index is 2.22. The Labute approximate surface area is 108 Å². The predicted octanol–water partition coefficient (Wildman–Crippen LogP) is 3.74. The molecule has 0 unspecified atom stereocenters. The number of aromatic nitrogens is 1. The third kappa shape index (κ3) is 2.75. The van der Waals surface area contributed by atoms with Gasteiger partial charge < -0.3 is 4.74 Å². The summed E-state index contributed by atoms with van der Waals surface area (Å²) in [6, 6.07) is 7.80. The van der Waals surface area contributed by atoms with E-state index < -0.39 is 4.92 Å². The molecule has 5 nitrogen and oxygen atoms in total. The summed E-state index contributed by atoms with van der Waals surface area (Å²) in [6.07, 6.45) is 1.47. The number of benzene rings is 1. The van der Waals surface area contributed by atoms with Crippen molar-refractivity contribution >= 4 is 17.3 Å². The molecule has 0 saturated heterocycles. The molecule has 2 rings (SSSR count). The number of ether oxygens (including phenoxy) is 1. The number of nitro benzene ring substituents is 1. The van der Waals surface area contributed by atoms with Gasteiger partial charge in [-0.3, -0.25) is 10.1 Å². The van der Waals surface area contributed by atoms with E-state index in [1.54, 1.807) is 25.1 Å². The van der Waals surface area contributed by atoms with Gasteiger partial charge in [0, 0.05) is 23.9 Å². The quantitative estimate of drug-likeness (QED) is 0.626. The molecular weight excluding hydrogens is 256 g/mol. The zero-order valence-electron chi connectivity index (χ0n) is 9.46. The zero-order chi connectivity index (χ0) is 13.1. The van der Waals surface area contributed by atoms with E-state index in [4.69, 9.17) is 16.3 Å². The largest absolute Gasteiger partial charge is 0.439 e. The van der Waals surface area contributed by atoms with Crippen molar-refractivity contribution in [1.29, 1.82) is 0 Å². The highest BCUT2D eigenvalue weighted by Crippen LogP contribution is 2.26. The normalized spacial score (nSPS) is 10.1. The lowest BCUT2D eigenvalue weighted by Gasteiger charge is -2.05. The van der Waals surface area contributed by atoms with Gasteiger partial charge in [0.05, 0.1) is 9.95 Å². The van der Waals surface area contributed by atoms with Crippen molar-refractivity contribution in [3.63, 3.8) is 0 Å². The van der Waals surface area contributed by atoms with Crippen LogP contribution >= 0.6 is 11.6 Å². The van der Waals surface area contributed by atoms with Crippen LogP contribution in [0.2, 0.25) is 5.02 Å². The first-order valence-corrected chi connectivity index (χ1v) is 5.48. The first kappa shape index (κ1) is 12.3. The highest BCUT2D eigenvalue weighted by atomic mass is 35.5. The van der Waals surface area contributed by atoms with Crippen LogP contribution in [0.3, 0.4) is 0 Å². The van der Waals surface area contributed by atoms with Gasteiger partial charge in [-0.2, -0.15) is 0 Å². The van der Waals surface area contributed by atoms with Crippen LogP contribution in [0.5, 0.6) is 11.6 Å². The van der Waals surface area contributed by atoms with E-state index in [-0.39, 0.29) is 5.69 Å². The Morgan fingerprint density at radius 1 is 1.33 bits per heavy atom. The molecule has 0 aliphatic carbocycles. The third-order valence-electron chi connectivity index (χ3n) is 2.29. The van der Waals surface area contributed by atoms with Gasteiger partial charge in [-0.25, -0.2) is 4.98 Å². The molecule has 18 heavy (non-hydrogen) atoms. The molecule has 0 radical (unpaired) electrons. The summed E-state index contributed by atoms with van der Waals surface area (Å²) in [4.78, 5) is 14.2. The smallest absolute Gasteiger partial charge is 0.272 e. The molecule has 1 heterocycles. The summed E-state index contributed by atoms with van der Waals surface area (Å²) in [5.74, 6) is 0.876. The first-order valence-electron chi connectivity index (χ1n) is 5.11. The molecule has 0 amide bonds. The summed E-state index contributed by atoms with van der Waals surface area (Å²) in [5, 5.41) is 11.2. The lowest BCUT2D eigenvalue weighted by molar-refractivity contribution is -0.385. The van der Waals surface area contributed by atoms with Crippen LogP contribution in [-0.2, 0) is 0 Å². The Bertz CT molecular complexity index is 584. The van der Waals surface area contributed by atoms with E-state index >= 15 is 0 Å². The maximum absolute atomic E-state index is 10.7. The molecule has 1 aromatic carbocycles. The monoisotopic (exact) mass is 264 g/mol. The summed E-state index contributed by atoms with van der Waals surface area (Å²) in [7, 11) is 0. The molecule has 2 aromatic rings. The first-order chi connectivity index (χ1) is 8.56. The minimum Gasteiger partial charge on any atom is -0.439 e. The molecule has 0 fully saturated rings. The Morgan fingerprint density at radius 3 is 2.67 bits per heavy atom. The topological polar surface area (TPSA) is 65.3 Å². The second-order valence-electron chi connectivity index (χ2n) is 3.62. The maximum atomic E-state index is 10.7. The van der Waals surface area contributed by atoms with Crippen LogP contribution < -0.4 is 4.74 Å². The Morgan fingerprint density at radius 2 is 2.11 bits per heavy atom. The van der Waals surface area contributed by atoms with Gasteiger partial charge in [0.1, 0.15) is 5.75 Å². The second-order valence-corrected chi connectivity index (χ2v) is 4.06. The third-order valence-corrected chi connectivity index (χ3v) is 2.51. The summed E-state index contributed by atoms with van der Waals surface area (Å²) in [5.41, 5.74) is 0.595. The fourth-order valence-corrected chi connectivity index (χ4v) is 1.55. The number of nitro groups is 1. The summed E-state index contributed by atoms with van der Waals surface area (Å²) < 4.78 is 5.46. The van der Waals surface area contributed by atoms with E-state index in [1.165, 1.54) is 18.3 Å². The maximum Gasteiger partial charge on any atom is 0.272 e. The van der Waals surface area contributed by atoms with E-state index in [0.717, 1.165) is 0 Å². The van der Waals surface area contributed by atoms with Gasteiger partial charge in [-0.15, -0.1) is 0 Å². The predicted molar refractivity (Wildman–Crippen MR) is 67.2 cm³/mol. The van der Waals surface area contributed by atoms with E-state index in [2.05, 4.69) is 4.98 Å². The molecular formula is C12H9ClN2O3. The molecule has 0 aliphatic rings. The Hall–Kier alpha value is -2.14. The van der Waals surface area contributed by atoms with E-state index in [9.17, 15) is 10.1 Å². The molecule has 0 aliphatic heterocycles. The highest BCUT2D eigenvalue weighted by Gasteiger charge is 2.11. The highest BCUT2D eigenvalue weighted by molar-refractivity contribution is 6.30. The molecule has 0 bridgehead atoms. The van der Waals surface area contributed by atoms with E-state index in [0.29, 0.717) is 22.2 Å². The zero-order valence-corrected chi connectivity index (χ0v) is 10.2. The summed E-state index contributed by atoms with van der Waals surface area (Å²) >= 11 is 5.70. The fourth-order valence-electron chi connectivity index (χ4n) is 1.44. The number of pyridine rings is 1. The fraction of sp³-hybridized carbons (Fsp3) is 0.0833. The van der Waals surface area contributed by atoms with Crippen LogP contribution in [0.1, 0.15) is 5.56 Å². The van der Waals surface area contributed by atoms with Gasteiger partial charge in [-0.05, 0) is 25.1 Å². The minimum absolute atomic E-state index is 0.0615. The molecule has 0 atom stereocenters. The van der Waals surface area contributed by atoms with Crippen LogP contribution in [0, 0.1) is 17.0 Å². The number of nitrogens with zero attached hydrogens (tertiary/aromatic N) is 2. The second kappa shape index (κ2) is 5.01. The van der Waals surface area contributed by atoms with Crippen LogP contribution in [0.4, 0.5) is 5.69 Å². The number of aryl methyl sites for hydroxylation is 1. The SMILES string of the molecule is Cc1cc(Oc2ccc(Cl)cn2)ccc1[N+](=O)[O-]. The number of hydrogen-bond donors (Lipinski definition) is 0. The lowest BCUT2D eigenvalue weighted by atomic mass is 10.2. The van der Waals surface area contributed by atoms with Crippen molar-refractivity contribution in [2.75, 3.05) is 0 Å². The molecule has 0 N–H and O–H groups in total. The molecule has 0 saturated carbocycles. The van der Waals surface area contributed by atoms with Crippen molar-refractivity contribution in [3.05, 3.63) is 57.2 Å². The van der Waals surface area contributed by atoms with Gasteiger partial charge >= 0.3 is 0 Å².